The lowest BCUT2D eigenvalue weighted by Crippen LogP contribution is -1.94. The SMILES string of the molecule is Cc1ccc([N+](=O)[O-])c(C)n1. The Morgan fingerprint density at radius 3 is 2.55 bits per heavy atom. The summed E-state index contributed by atoms with van der Waals surface area (Å²) in [5.41, 5.74) is 1.35. The van der Waals surface area contributed by atoms with Crippen LogP contribution in [0.5, 0.6) is 0 Å². The number of hydrogen-bond donors (Lipinski definition) is 0. The van der Waals surface area contributed by atoms with Gasteiger partial charge in [0.25, 0.3) is 5.69 Å². The van der Waals surface area contributed by atoms with Crippen molar-refractivity contribution in [3.8, 4) is 0 Å². The Bertz CT molecular complexity index is 296. The van der Waals surface area contributed by atoms with E-state index >= 15 is 0 Å². The highest BCUT2D eigenvalue weighted by atomic mass is 16.6. The summed E-state index contributed by atoms with van der Waals surface area (Å²) in [4.78, 5) is 13.8. The van der Waals surface area contributed by atoms with Crippen molar-refractivity contribution in [3.63, 3.8) is 0 Å². The van der Waals surface area contributed by atoms with E-state index in [0.717, 1.165) is 5.69 Å². The topological polar surface area (TPSA) is 56.0 Å². The van der Waals surface area contributed by atoms with Gasteiger partial charge in [0, 0.05) is 11.8 Å². The zero-order chi connectivity index (χ0) is 8.43. The van der Waals surface area contributed by atoms with E-state index < -0.39 is 4.92 Å². The first-order valence-corrected chi connectivity index (χ1v) is 3.20. The molecule has 0 saturated carbocycles. The van der Waals surface area contributed by atoms with Crippen LogP contribution in [0.15, 0.2) is 12.1 Å². The molecule has 0 atom stereocenters. The fourth-order valence-corrected chi connectivity index (χ4v) is 0.872. The van der Waals surface area contributed by atoms with Gasteiger partial charge in [0.15, 0.2) is 0 Å². The number of aryl methyl sites for hydroxylation is 2. The minimum atomic E-state index is -0.429. The maximum Gasteiger partial charge on any atom is 0.290 e. The van der Waals surface area contributed by atoms with Crippen molar-refractivity contribution in [2.75, 3.05) is 0 Å². The van der Waals surface area contributed by atoms with Gasteiger partial charge in [0.2, 0.25) is 0 Å². The Hall–Kier alpha value is -1.45. The lowest BCUT2D eigenvalue weighted by molar-refractivity contribution is -0.385. The summed E-state index contributed by atoms with van der Waals surface area (Å²) in [5.74, 6) is 0. The monoisotopic (exact) mass is 152 g/mol. The van der Waals surface area contributed by atoms with Crippen molar-refractivity contribution in [3.05, 3.63) is 33.6 Å². The van der Waals surface area contributed by atoms with E-state index in [2.05, 4.69) is 4.98 Å². The molecule has 0 radical (unpaired) electrons. The molecular weight excluding hydrogens is 144 g/mol. The molecule has 1 aromatic rings. The second-order valence-electron chi connectivity index (χ2n) is 2.31. The summed E-state index contributed by atoms with van der Waals surface area (Å²) < 4.78 is 0. The highest BCUT2D eigenvalue weighted by Gasteiger charge is 2.09. The zero-order valence-corrected chi connectivity index (χ0v) is 6.37. The highest BCUT2D eigenvalue weighted by molar-refractivity contribution is 5.34. The van der Waals surface area contributed by atoms with Gasteiger partial charge in [-0.1, -0.05) is 0 Å². The van der Waals surface area contributed by atoms with Crippen molar-refractivity contribution in [1.29, 1.82) is 0 Å². The van der Waals surface area contributed by atoms with E-state index in [9.17, 15) is 10.1 Å². The number of pyridine rings is 1. The van der Waals surface area contributed by atoms with Gasteiger partial charge in [-0.2, -0.15) is 0 Å². The first-order valence-electron chi connectivity index (χ1n) is 3.20. The van der Waals surface area contributed by atoms with E-state index in [1.807, 2.05) is 0 Å². The number of hydrogen-bond acceptors (Lipinski definition) is 3. The molecular formula is C7H8N2O2. The van der Waals surface area contributed by atoms with E-state index in [1.54, 1.807) is 19.9 Å². The van der Waals surface area contributed by atoms with Crippen molar-refractivity contribution in [2.24, 2.45) is 0 Å². The van der Waals surface area contributed by atoms with E-state index in [1.165, 1.54) is 6.07 Å². The van der Waals surface area contributed by atoms with Crippen molar-refractivity contribution >= 4 is 5.69 Å². The molecule has 0 amide bonds. The third-order valence-electron chi connectivity index (χ3n) is 1.39. The molecule has 1 rings (SSSR count). The van der Waals surface area contributed by atoms with Crippen LogP contribution in [0, 0.1) is 24.0 Å². The third-order valence-corrected chi connectivity index (χ3v) is 1.39. The second kappa shape index (κ2) is 2.65. The number of rotatable bonds is 1. The summed E-state index contributed by atoms with van der Waals surface area (Å²) in [6, 6.07) is 3.10. The van der Waals surface area contributed by atoms with Gasteiger partial charge in [-0.15, -0.1) is 0 Å². The number of nitrogens with zero attached hydrogens (tertiary/aromatic N) is 2. The summed E-state index contributed by atoms with van der Waals surface area (Å²) >= 11 is 0. The molecule has 0 aliphatic rings. The molecule has 4 nitrogen and oxygen atoms in total. The van der Waals surface area contributed by atoms with Crippen LogP contribution in [0.1, 0.15) is 11.4 Å². The van der Waals surface area contributed by atoms with Crippen molar-refractivity contribution in [1.82, 2.24) is 4.98 Å². The first kappa shape index (κ1) is 7.65. The summed E-state index contributed by atoms with van der Waals surface area (Å²) in [6.45, 7) is 3.43. The Balaban J connectivity index is 3.20. The van der Waals surface area contributed by atoms with Crippen LogP contribution in [0.2, 0.25) is 0 Å². The zero-order valence-electron chi connectivity index (χ0n) is 6.37. The Kier molecular flexibility index (Phi) is 1.85. The molecule has 4 heteroatoms. The molecule has 0 aliphatic heterocycles. The molecule has 11 heavy (non-hydrogen) atoms. The smallest absolute Gasteiger partial charge is 0.258 e. The largest absolute Gasteiger partial charge is 0.290 e. The molecule has 0 spiro atoms. The van der Waals surface area contributed by atoms with Crippen LogP contribution in [0.25, 0.3) is 0 Å². The van der Waals surface area contributed by atoms with Crippen LogP contribution in [-0.4, -0.2) is 9.91 Å². The van der Waals surface area contributed by atoms with Gasteiger partial charge in [0.05, 0.1) is 4.92 Å². The normalized spacial score (nSPS) is 9.64. The van der Waals surface area contributed by atoms with Gasteiger partial charge in [-0.25, -0.2) is 0 Å². The molecule has 0 N–H and O–H groups in total. The predicted molar refractivity (Wildman–Crippen MR) is 40.4 cm³/mol. The molecule has 0 fully saturated rings. The lowest BCUT2D eigenvalue weighted by Gasteiger charge is -1.95. The fraction of sp³-hybridized carbons (Fsp3) is 0.286. The van der Waals surface area contributed by atoms with Crippen LogP contribution < -0.4 is 0 Å². The Morgan fingerprint density at radius 2 is 2.09 bits per heavy atom. The first-order chi connectivity index (χ1) is 5.11. The molecule has 0 unspecified atom stereocenters. The summed E-state index contributed by atoms with van der Waals surface area (Å²) in [6.07, 6.45) is 0. The van der Waals surface area contributed by atoms with Crippen LogP contribution in [-0.2, 0) is 0 Å². The molecule has 0 aromatic carbocycles. The molecule has 1 aromatic heterocycles. The van der Waals surface area contributed by atoms with E-state index in [0.29, 0.717) is 5.69 Å². The van der Waals surface area contributed by atoms with E-state index in [4.69, 9.17) is 0 Å². The van der Waals surface area contributed by atoms with Crippen LogP contribution in [0.4, 0.5) is 5.69 Å². The third kappa shape index (κ3) is 1.52. The Morgan fingerprint density at radius 1 is 1.45 bits per heavy atom. The minimum absolute atomic E-state index is 0.0793. The summed E-state index contributed by atoms with van der Waals surface area (Å²) in [7, 11) is 0. The van der Waals surface area contributed by atoms with Gasteiger partial charge in [-0.3, -0.25) is 15.1 Å². The average molecular weight is 152 g/mol. The maximum absolute atomic E-state index is 10.3. The van der Waals surface area contributed by atoms with Crippen molar-refractivity contribution in [2.45, 2.75) is 13.8 Å². The molecule has 0 bridgehead atoms. The van der Waals surface area contributed by atoms with Gasteiger partial charge >= 0.3 is 0 Å². The average Bonchev–Trinajstić information content (AvgIpc) is 1.85. The number of aromatic nitrogens is 1. The van der Waals surface area contributed by atoms with Crippen molar-refractivity contribution < 1.29 is 4.92 Å². The molecule has 1 heterocycles. The van der Waals surface area contributed by atoms with Crippen LogP contribution >= 0.6 is 0 Å². The maximum atomic E-state index is 10.3. The Labute approximate surface area is 64.0 Å². The number of nitro groups is 1. The van der Waals surface area contributed by atoms with Gasteiger partial charge < -0.3 is 0 Å². The predicted octanol–water partition coefficient (Wildman–Crippen LogP) is 1.61. The molecule has 0 aliphatic carbocycles. The second-order valence-corrected chi connectivity index (χ2v) is 2.31. The van der Waals surface area contributed by atoms with Gasteiger partial charge in [0.1, 0.15) is 5.69 Å². The molecule has 0 saturated heterocycles. The summed E-state index contributed by atoms with van der Waals surface area (Å²) in [5, 5.41) is 10.3. The fourth-order valence-electron chi connectivity index (χ4n) is 0.872. The van der Waals surface area contributed by atoms with Crippen LogP contribution in [0.3, 0.4) is 0 Å². The van der Waals surface area contributed by atoms with Gasteiger partial charge in [-0.05, 0) is 19.9 Å². The lowest BCUT2D eigenvalue weighted by atomic mass is 10.3. The van der Waals surface area contributed by atoms with E-state index in [-0.39, 0.29) is 5.69 Å². The quantitative estimate of drug-likeness (QED) is 0.453. The highest BCUT2D eigenvalue weighted by Crippen LogP contribution is 2.14. The standard InChI is InChI=1S/C7H8N2O2/c1-5-3-4-7(9(10)11)6(2)8-5/h3-4H,1-2H3. The molecule has 58 valence electrons. The minimum Gasteiger partial charge on any atom is -0.258 e.